The lowest BCUT2D eigenvalue weighted by Gasteiger charge is -2.19. The molecule has 2 heterocycles. The number of nitrogens with zero attached hydrogens (tertiary/aromatic N) is 2. The van der Waals surface area contributed by atoms with E-state index < -0.39 is 5.97 Å². The Kier molecular flexibility index (Phi) is 4.69. The van der Waals surface area contributed by atoms with Gasteiger partial charge in [0.05, 0.1) is 17.9 Å². The first kappa shape index (κ1) is 18.0. The third kappa shape index (κ3) is 3.29. The first-order chi connectivity index (χ1) is 13.6. The molecule has 0 amide bonds. The number of aromatic carboxylic acids is 1. The monoisotopic (exact) mass is 376 g/mol. The van der Waals surface area contributed by atoms with E-state index >= 15 is 0 Å². The summed E-state index contributed by atoms with van der Waals surface area (Å²) in [5.41, 5.74) is 3.67. The molecule has 1 aromatic carbocycles. The van der Waals surface area contributed by atoms with Gasteiger partial charge in [-0.15, -0.1) is 0 Å². The molecule has 6 heteroatoms. The highest BCUT2D eigenvalue weighted by Gasteiger charge is 2.21. The van der Waals surface area contributed by atoms with Crippen molar-refractivity contribution in [2.75, 3.05) is 6.61 Å². The lowest BCUT2D eigenvalue weighted by Crippen LogP contribution is -2.25. The second-order valence-electron chi connectivity index (χ2n) is 6.72. The summed E-state index contributed by atoms with van der Waals surface area (Å²) >= 11 is 0. The van der Waals surface area contributed by atoms with Gasteiger partial charge in [0.2, 0.25) is 0 Å². The van der Waals surface area contributed by atoms with Gasteiger partial charge in [0.25, 0.3) is 5.56 Å². The Hall–Kier alpha value is -3.41. The maximum absolute atomic E-state index is 13.0. The Balaban J connectivity index is 1.84. The second-order valence-corrected chi connectivity index (χ2v) is 6.72. The number of carboxylic acid groups (broad SMARTS) is 1. The number of rotatable bonds is 4. The highest BCUT2D eigenvalue weighted by atomic mass is 16.5. The number of carboxylic acids is 1. The van der Waals surface area contributed by atoms with Gasteiger partial charge in [-0.1, -0.05) is 12.1 Å². The molecule has 142 valence electrons. The van der Waals surface area contributed by atoms with E-state index in [1.807, 2.05) is 31.2 Å². The Morgan fingerprint density at radius 3 is 2.93 bits per heavy atom. The van der Waals surface area contributed by atoms with Gasteiger partial charge in [0.15, 0.2) is 0 Å². The zero-order chi connectivity index (χ0) is 19.7. The Labute approximate surface area is 161 Å². The first-order valence-electron chi connectivity index (χ1n) is 9.29. The van der Waals surface area contributed by atoms with E-state index in [2.05, 4.69) is 11.1 Å². The lowest BCUT2D eigenvalue weighted by molar-refractivity contribution is 0.0696. The van der Waals surface area contributed by atoms with E-state index in [0.717, 1.165) is 29.7 Å². The fourth-order valence-electron chi connectivity index (χ4n) is 3.57. The number of benzene rings is 1. The van der Waals surface area contributed by atoms with Crippen LogP contribution in [-0.4, -0.2) is 27.1 Å². The summed E-state index contributed by atoms with van der Waals surface area (Å²) < 4.78 is 6.90. The standard InChI is InChI=1S/C22H20N2O4/c1-2-28-17-7-3-5-14(12-17)11-15-6-4-8-18-20(15)23-19-10-9-16(22(26)27)13-24(19)21(18)25/h3,5,7,9-13H,2,4,6,8H2,1H3,(H,26,27)/b15-11+. The zero-order valence-corrected chi connectivity index (χ0v) is 15.5. The molecule has 0 aliphatic heterocycles. The lowest BCUT2D eigenvalue weighted by atomic mass is 9.90. The molecule has 0 radical (unpaired) electrons. The maximum Gasteiger partial charge on any atom is 0.337 e. The minimum Gasteiger partial charge on any atom is -0.494 e. The smallest absolute Gasteiger partial charge is 0.337 e. The predicted molar refractivity (Wildman–Crippen MR) is 107 cm³/mol. The van der Waals surface area contributed by atoms with Crippen molar-refractivity contribution < 1.29 is 14.6 Å². The van der Waals surface area contributed by atoms with Crippen LogP contribution in [0.15, 0.2) is 47.4 Å². The van der Waals surface area contributed by atoms with Crippen molar-refractivity contribution in [1.29, 1.82) is 0 Å². The summed E-state index contributed by atoms with van der Waals surface area (Å²) in [7, 11) is 0. The molecule has 1 aliphatic rings. The van der Waals surface area contributed by atoms with Crippen LogP contribution >= 0.6 is 0 Å². The van der Waals surface area contributed by atoms with Gasteiger partial charge in [0.1, 0.15) is 11.4 Å². The molecule has 6 nitrogen and oxygen atoms in total. The van der Waals surface area contributed by atoms with Gasteiger partial charge in [-0.3, -0.25) is 9.20 Å². The fourth-order valence-corrected chi connectivity index (χ4v) is 3.57. The van der Waals surface area contributed by atoms with Crippen LogP contribution in [0.25, 0.3) is 17.3 Å². The zero-order valence-electron chi connectivity index (χ0n) is 15.5. The molecule has 0 spiro atoms. The van der Waals surface area contributed by atoms with E-state index in [9.17, 15) is 14.7 Å². The third-order valence-corrected chi connectivity index (χ3v) is 4.85. The van der Waals surface area contributed by atoms with E-state index in [-0.39, 0.29) is 11.1 Å². The van der Waals surface area contributed by atoms with E-state index in [1.165, 1.54) is 16.7 Å². The molecule has 0 saturated carbocycles. The quantitative estimate of drug-likeness (QED) is 0.751. The molecule has 1 aliphatic carbocycles. The van der Waals surface area contributed by atoms with Crippen LogP contribution in [0.2, 0.25) is 0 Å². The van der Waals surface area contributed by atoms with Crippen LogP contribution in [0.3, 0.4) is 0 Å². The number of aromatic nitrogens is 2. The highest BCUT2D eigenvalue weighted by Crippen LogP contribution is 2.30. The number of carbonyl (C=O) groups is 1. The van der Waals surface area contributed by atoms with Crippen LogP contribution in [0.4, 0.5) is 0 Å². The number of hydrogen-bond donors (Lipinski definition) is 1. The largest absolute Gasteiger partial charge is 0.494 e. The van der Waals surface area contributed by atoms with Crippen LogP contribution in [0, 0.1) is 0 Å². The van der Waals surface area contributed by atoms with Crippen molar-refractivity contribution in [3.8, 4) is 5.75 Å². The second kappa shape index (κ2) is 7.31. The molecule has 0 fully saturated rings. The number of hydrogen-bond acceptors (Lipinski definition) is 4. The molecular weight excluding hydrogens is 356 g/mol. The van der Waals surface area contributed by atoms with Gasteiger partial charge in [-0.25, -0.2) is 9.78 Å². The van der Waals surface area contributed by atoms with Crippen molar-refractivity contribution in [3.05, 3.63) is 75.3 Å². The van der Waals surface area contributed by atoms with Crippen molar-refractivity contribution in [1.82, 2.24) is 9.38 Å². The molecule has 0 bridgehead atoms. The third-order valence-electron chi connectivity index (χ3n) is 4.85. The van der Waals surface area contributed by atoms with Crippen LogP contribution in [0.5, 0.6) is 5.75 Å². The minimum atomic E-state index is -1.07. The molecule has 0 atom stereocenters. The molecule has 28 heavy (non-hydrogen) atoms. The summed E-state index contributed by atoms with van der Waals surface area (Å²) in [4.78, 5) is 28.9. The fraction of sp³-hybridized carbons (Fsp3) is 0.227. The van der Waals surface area contributed by atoms with Crippen molar-refractivity contribution in [2.24, 2.45) is 0 Å². The van der Waals surface area contributed by atoms with Crippen molar-refractivity contribution in [2.45, 2.75) is 26.2 Å². The molecule has 2 aromatic heterocycles. The average molecular weight is 376 g/mol. The van der Waals surface area contributed by atoms with Gasteiger partial charge in [-0.2, -0.15) is 0 Å². The molecule has 1 N–H and O–H groups in total. The summed E-state index contributed by atoms with van der Waals surface area (Å²) in [6, 6.07) is 10.9. The Bertz CT molecular complexity index is 1160. The topological polar surface area (TPSA) is 80.9 Å². The molecule has 0 unspecified atom stereocenters. The average Bonchev–Trinajstić information content (AvgIpc) is 2.69. The van der Waals surface area contributed by atoms with Crippen LogP contribution in [-0.2, 0) is 6.42 Å². The summed E-state index contributed by atoms with van der Waals surface area (Å²) in [5.74, 6) is -0.262. The maximum atomic E-state index is 13.0. The van der Waals surface area contributed by atoms with Crippen LogP contribution < -0.4 is 10.3 Å². The Morgan fingerprint density at radius 2 is 2.14 bits per heavy atom. The van der Waals surface area contributed by atoms with Crippen LogP contribution in [0.1, 0.15) is 46.9 Å². The summed E-state index contributed by atoms with van der Waals surface area (Å²) in [6.45, 7) is 2.55. The number of fused-ring (bicyclic) bond motifs is 2. The van der Waals surface area contributed by atoms with Gasteiger partial charge < -0.3 is 9.84 Å². The van der Waals surface area contributed by atoms with E-state index in [1.54, 1.807) is 6.07 Å². The van der Waals surface area contributed by atoms with Crippen molar-refractivity contribution >= 4 is 23.3 Å². The Morgan fingerprint density at radius 1 is 1.29 bits per heavy atom. The van der Waals surface area contributed by atoms with Gasteiger partial charge >= 0.3 is 5.97 Å². The SMILES string of the molecule is CCOc1cccc(/C=C2\CCCc3c2nc2ccc(C(=O)O)cn2c3=O)c1. The summed E-state index contributed by atoms with van der Waals surface area (Å²) in [5, 5.41) is 9.19. The van der Waals surface area contributed by atoms with Gasteiger partial charge in [-0.05, 0) is 67.7 Å². The molecule has 0 saturated heterocycles. The van der Waals surface area contributed by atoms with Gasteiger partial charge in [0, 0.05) is 11.8 Å². The van der Waals surface area contributed by atoms with Crippen molar-refractivity contribution in [3.63, 3.8) is 0 Å². The predicted octanol–water partition coefficient (Wildman–Crippen LogP) is 3.67. The normalized spacial score (nSPS) is 14.8. The van der Waals surface area contributed by atoms with E-state index in [4.69, 9.17) is 4.74 Å². The minimum absolute atomic E-state index is 0.0654. The molecular formula is C22H20N2O4. The molecule has 3 aromatic rings. The molecule has 4 rings (SSSR count). The van der Waals surface area contributed by atoms with E-state index in [0.29, 0.717) is 29.9 Å². The number of pyridine rings is 1. The summed E-state index contributed by atoms with van der Waals surface area (Å²) in [6.07, 6.45) is 5.72. The number of allylic oxidation sites excluding steroid dienone is 1. The highest BCUT2D eigenvalue weighted by molar-refractivity contribution is 5.88. The first-order valence-corrected chi connectivity index (χ1v) is 9.29. The number of ether oxygens (including phenoxy) is 1.